The molecule has 3 nitrogen and oxygen atoms in total. The standard InChI is InChI=1S/C11H16N2O.ClH/c1-7-4-8(2)11(9(3)5-7)13-10(14)6-12;/h4-5H,6,12H2,1-3H3,(H,13,14);1H/p-1. The first-order chi connectivity index (χ1) is 6.54. The molecule has 4 heteroatoms. The first-order valence-electron chi connectivity index (χ1n) is 4.62. The highest BCUT2D eigenvalue weighted by Gasteiger charge is 2.06. The van der Waals surface area contributed by atoms with Gasteiger partial charge >= 0.3 is 0 Å². The summed E-state index contributed by atoms with van der Waals surface area (Å²) in [5, 5.41) is 2.79. The number of carbonyl (C=O) groups excluding carboxylic acids is 1. The highest BCUT2D eigenvalue weighted by Crippen LogP contribution is 2.21. The Hall–Kier alpha value is -1.06. The normalized spacial score (nSPS) is 9.33. The lowest BCUT2D eigenvalue weighted by Crippen LogP contribution is -3.00. The Morgan fingerprint density at radius 3 is 2.13 bits per heavy atom. The second-order valence-electron chi connectivity index (χ2n) is 3.53. The number of hydrogen-bond acceptors (Lipinski definition) is 2. The molecule has 0 saturated carbocycles. The third kappa shape index (κ3) is 3.53. The molecule has 0 heterocycles. The molecule has 0 radical (unpaired) electrons. The van der Waals surface area contributed by atoms with Crippen molar-refractivity contribution in [1.82, 2.24) is 0 Å². The maximum atomic E-state index is 11.1. The summed E-state index contributed by atoms with van der Waals surface area (Å²) < 4.78 is 0. The van der Waals surface area contributed by atoms with E-state index in [0.717, 1.165) is 16.8 Å². The van der Waals surface area contributed by atoms with Gasteiger partial charge in [-0.1, -0.05) is 17.7 Å². The van der Waals surface area contributed by atoms with Gasteiger partial charge < -0.3 is 23.5 Å². The zero-order chi connectivity index (χ0) is 10.7. The summed E-state index contributed by atoms with van der Waals surface area (Å²) in [5.74, 6) is -0.153. The number of anilines is 1. The molecule has 1 rings (SSSR count). The van der Waals surface area contributed by atoms with Gasteiger partial charge in [0.2, 0.25) is 5.91 Å². The summed E-state index contributed by atoms with van der Waals surface area (Å²) in [6.07, 6.45) is 0. The van der Waals surface area contributed by atoms with Crippen molar-refractivity contribution in [2.75, 3.05) is 11.9 Å². The number of hydrogen-bond donors (Lipinski definition) is 2. The molecule has 0 aliphatic carbocycles. The van der Waals surface area contributed by atoms with E-state index < -0.39 is 0 Å². The quantitative estimate of drug-likeness (QED) is 0.647. The first kappa shape index (κ1) is 13.9. The first-order valence-corrected chi connectivity index (χ1v) is 4.62. The second-order valence-corrected chi connectivity index (χ2v) is 3.53. The number of nitrogens with two attached hydrogens (primary N) is 1. The minimum absolute atomic E-state index is 0. The fourth-order valence-electron chi connectivity index (χ4n) is 1.57. The Balaban J connectivity index is 0.00000196. The van der Waals surface area contributed by atoms with Crippen LogP contribution in [-0.4, -0.2) is 12.5 Å². The van der Waals surface area contributed by atoms with E-state index in [-0.39, 0.29) is 24.9 Å². The SMILES string of the molecule is Cc1cc(C)c(NC(=O)CN)c(C)c1.[Cl-]. The van der Waals surface area contributed by atoms with Crippen LogP contribution in [0.1, 0.15) is 16.7 Å². The van der Waals surface area contributed by atoms with Crippen molar-refractivity contribution in [3.8, 4) is 0 Å². The molecule has 84 valence electrons. The van der Waals surface area contributed by atoms with Gasteiger partial charge in [0.05, 0.1) is 6.54 Å². The smallest absolute Gasteiger partial charge is 0.238 e. The van der Waals surface area contributed by atoms with Gasteiger partial charge in [-0.05, 0) is 31.9 Å². The van der Waals surface area contributed by atoms with E-state index in [2.05, 4.69) is 5.32 Å². The predicted molar refractivity (Wildman–Crippen MR) is 58.3 cm³/mol. The number of rotatable bonds is 2. The molecule has 0 aliphatic heterocycles. The van der Waals surface area contributed by atoms with Crippen LogP contribution >= 0.6 is 0 Å². The number of halogens is 1. The van der Waals surface area contributed by atoms with E-state index in [1.165, 1.54) is 5.56 Å². The minimum atomic E-state index is -0.153. The van der Waals surface area contributed by atoms with Crippen molar-refractivity contribution >= 4 is 11.6 Å². The van der Waals surface area contributed by atoms with Crippen LogP contribution in [0, 0.1) is 20.8 Å². The van der Waals surface area contributed by atoms with Crippen molar-refractivity contribution in [2.24, 2.45) is 5.73 Å². The van der Waals surface area contributed by atoms with Gasteiger partial charge in [0.1, 0.15) is 0 Å². The fourth-order valence-corrected chi connectivity index (χ4v) is 1.57. The largest absolute Gasteiger partial charge is 1.00 e. The molecule has 1 aromatic rings. The van der Waals surface area contributed by atoms with E-state index in [0.29, 0.717) is 0 Å². The topological polar surface area (TPSA) is 55.1 Å². The number of amides is 1. The molecule has 1 aromatic carbocycles. The zero-order valence-electron chi connectivity index (χ0n) is 9.23. The molecule has 0 aliphatic rings. The van der Waals surface area contributed by atoms with Crippen molar-refractivity contribution < 1.29 is 17.2 Å². The zero-order valence-corrected chi connectivity index (χ0v) is 9.98. The molecule has 3 N–H and O–H groups in total. The lowest BCUT2D eigenvalue weighted by molar-refractivity contribution is -0.114. The van der Waals surface area contributed by atoms with E-state index in [1.807, 2.05) is 32.9 Å². The van der Waals surface area contributed by atoms with Crippen LogP contribution in [0.3, 0.4) is 0 Å². The molecule has 0 saturated heterocycles. The second kappa shape index (κ2) is 5.73. The van der Waals surface area contributed by atoms with Crippen LogP contribution in [0.4, 0.5) is 5.69 Å². The monoisotopic (exact) mass is 227 g/mol. The Labute approximate surface area is 96.5 Å². The predicted octanol–water partition coefficient (Wildman–Crippen LogP) is -1.49. The molecule has 0 bridgehead atoms. The highest BCUT2D eigenvalue weighted by atomic mass is 35.5. The van der Waals surface area contributed by atoms with Gasteiger partial charge in [-0.25, -0.2) is 0 Å². The average molecular weight is 228 g/mol. The lowest BCUT2D eigenvalue weighted by Gasteiger charge is -2.11. The Morgan fingerprint density at radius 2 is 1.73 bits per heavy atom. The molecule has 0 fully saturated rings. The van der Waals surface area contributed by atoms with Crippen molar-refractivity contribution in [2.45, 2.75) is 20.8 Å². The highest BCUT2D eigenvalue weighted by molar-refractivity contribution is 5.93. The summed E-state index contributed by atoms with van der Waals surface area (Å²) in [6, 6.07) is 4.08. The van der Waals surface area contributed by atoms with Crippen LogP contribution in [0.2, 0.25) is 0 Å². The van der Waals surface area contributed by atoms with Crippen LogP contribution in [0.25, 0.3) is 0 Å². The van der Waals surface area contributed by atoms with Crippen molar-refractivity contribution in [3.63, 3.8) is 0 Å². The third-order valence-electron chi connectivity index (χ3n) is 2.13. The molecule has 0 spiro atoms. The molecular weight excluding hydrogens is 212 g/mol. The van der Waals surface area contributed by atoms with Gasteiger partial charge in [-0.15, -0.1) is 0 Å². The fraction of sp³-hybridized carbons (Fsp3) is 0.364. The lowest BCUT2D eigenvalue weighted by atomic mass is 10.1. The molecule has 0 unspecified atom stereocenters. The van der Waals surface area contributed by atoms with Crippen molar-refractivity contribution in [3.05, 3.63) is 28.8 Å². The van der Waals surface area contributed by atoms with Crippen LogP contribution < -0.4 is 23.5 Å². The third-order valence-corrected chi connectivity index (χ3v) is 2.13. The number of aryl methyl sites for hydroxylation is 3. The molecule has 1 amide bonds. The Morgan fingerprint density at radius 1 is 1.27 bits per heavy atom. The van der Waals surface area contributed by atoms with Crippen LogP contribution in [0.5, 0.6) is 0 Å². The number of benzene rings is 1. The minimum Gasteiger partial charge on any atom is -1.00 e. The van der Waals surface area contributed by atoms with E-state index in [1.54, 1.807) is 0 Å². The average Bonchev–Trinajstić information content (AvgIpc) is 2.10. The summed E-state index contributed by atoms with van der Waals surface area (Å²) in [6.45, 7) is 6.01. The van der Waals surface area contributed by atoms with Gasteiger partial charge in [0.15, 0.2) is 0 Å². The summed E-state index contributed by atoms with van der Waals surface area (Å²) in [4.78, 5) is 11.1. The molecule has 0 aromatic heterocycles. The summed E-state index contributed by atoms with van der Waals surface area (Å²) in [5.41, 5.74) is 9.47. The van der Waals surface area contributed by atoms with Gasteiger partial charge in [0, 0.05) is 5.69 Å². The van der Waals surface area contributed by atoms with Crippen LogP contribution in [-0.2, 0) is 4.79 Å². The number of carbonyl (C=O) groups is 1. The van der Waals surface area contributed by atoms with E-state index >= 15 is 0 Å². The molecular formula is C11H16ClN2O-. The summed E-state index contributed by atoms with van der Waals surface area (Å²) >= 11 is 0. The van der Waals surface area contributed by atoms with Gasteiger partial charge in [0.25, 0.3) is 0 Å². The Bertz CT molecular complexity index is 341. The maximum absolute atomic E-state index is 11.1. The number of nitrogens with one attached hydrogen (secondary N) is 1. The van der Waals surface area contributed by atoms with Crippen molar-refractivity contribution in [1.29, 1.82) is 0 Å². The van der Waals surface area contributed by atoms with Gasteiger partial charge in [-0.2, -0.15) is 0 Å². The molecule has 0 atom stereocenters. The van der Waals surface area contributed by atoms with Gasteiger partial charge in [-0.3, -0.25) is 4.79 Å². The molecule has 15 heavy (non-hydrogen) atoms. The van der Waals surface area contributed by atoms with E-state index in [9.17, 15) is 4.79 Å². The van der Waals surface area contributed by atoms with E-state index in [4.69, 9.17) is 5.73 Å². The Kier molecular flexibility index (Phi) is 5.33. The summed E-state index contributed by atoms with van der Waals surface area (Å²) in [7, 11) is 0. The van der Waals surface area contributed by atoms with Crippen LogP contribution in [0.15, 0.2) is 12.1 Å². The maximum Gasteiger partial charge on any atom is 0.238 e.